The van der Waals surface area contributed by atoms with Crippen LogP contribution < -0.4 is 4.90 Å². The second kappa shape index (κ2) is 14.5. The van der Waals surface area contributed by atoms with Crippen LogP contribution in [-0.2, 0) is 5.41 Å². The predicted molar refractivity (Wildman–Crippen MR) is 261 cm³/mol. The fourth-order valence-electron chi connectivity index (χ4n) is 10.4. The van der Waals surface area contributed by atoms with Gasteiger partial charge in [-0.2, -0.15) is 0 Å². The molecule has 0 saturated heterocycles. The van der Waals surface area contributed by atoms with E-state index in [-0.39, 0.29) is 0 Å². The first-order valence-corrected chi connectivity index (χ1v) is 22.1. The van der Waals surface area contributed by atoms with Crippen molar-refractivity contribution in [3.05, 3.63) is 247 Å². The number of allylic oxidation sites excluding steroid dienone is 4. The van der Waals surface area contributed by atoms with Gasteiger partial charge in [0.1, 0.15) is 0 Å². The van der Waals surface area contributed by atoms with Crippen molar-refractivity contribution in [1.82, 2.24) is 0 Å². The topological polar surface area (TPSA) is 3.24 Å². The molecule has 0 bridgehead atoms. The zero-order chi connectivity index (χ0) is 40.3. The van der Waals surface area contributed by atoms with Gasteiger partial charge < -0.3 is 4.90 Å². The van der Waals surface area contributed by atoms with E-state index in [0.29, 0.717) is 0 Å². The summed E-state index contributed by atoms with van der Waals surface area (Å²) in [4.78, 5) is 2.54. The first-order valence-electron chi connectivity index (χ1n) is 21.3. The summed E-state index contributed by atoms with van der Waals surface area (Å²) >= 11 is 1.87. The maximum absolute atomic E-state index is 2.54. The van der Waals surface area contributed by atoms with Crippen LogP contribution in [0.3, 0.4) is 0 Å². The van der Waals surface area contributed by atoms with Crippen LogP contribution in [0.1, 0.15) is 29.5 Å². The molecule has 12 rings (SSSR count). The average molecular weight is 796 g/mol. The average Bonchev–Trinajstić information content (AvgIpc) is 3.85. The second-order valence-electron chi connectivity index (χ2n) is 16.3. The normalized spacial score (nSPS) is 15.5. The Hall–Kier alpha value is -7.26. The van der Waals surface area contributed by atoms with Crippen LogP contribution in [0.2, 0.25) is 0 Å². The van der Waals surface area contributed by atoms with Gasteiger partial charge in [-0.1, -0.05) is 188 Å². The molecule has 0 fully saturated rings. The summed E-state index contributed by atoms with van der Waals surface area (Å²) in [5, 5.41) is 5.06. The smallest absolute Gasteiger partial charge is 0.0677 e. The lowest BCUT2D eigenvalue weighted by atomic mass is 9.65. The van der Waals surface area contributed by atoms with Crippen molar-refractivity contribution >= 4 is 59.3 Å². The highest BCUT2D eigenvalue weighted by atomic mass is 32.1. The van der Waals surface area contributed by atoms with E-state index in [1.807, 2.05) is 11.3 Å². The van der Waals surface area contributed by atoms with E-state index in [1.54, 1.807) is 0 Å². The minimum absolute atomic E-state index is 0.444. The molecule has 0 radical (unpaired) electrons. The number of anilines is 3. The monoisotopic (exact) mass is 795 g/mol. The van der Waals surface area contributed by atoms with Crippen LogP contribution in [0, 0.1) is 0 Å². The Balaban J connectivity index is 1.17. The highest BCUT2D eigenvalue weighted by molar-refractivity contribution is 7.25. The summed E-state index contributed by atoms with van der Waals surface area (Å²) in [6.45, 7) is 0. The van der Waals surface area contributed by atoms with Crippen molar-refractivity contribution in [3.8, 4) is 33.4 Å². The van der Waals surface area contributed by atoms with E-state index in [0.717, 1.165) is 29.9 Å². The zero-order valence-electron chi connectivity index (χ0n) is 33.6. The third-order valence-corrected chi connectivity index (χ3v) is 14.2. The van der Waals surface area contributed by atoms with Gasteiger partial charge >= 0.3 is 0 Å². The molecule has 61 heavy (non-hydrogen) atoms. The largest absolute Gasteiger partial charge is 0.310 e. The Labute approximate surface area is 360 Å². The summed E-state index contributed by atoms with van der Waals surface area (Å²) in [5.41, 5.74) is 15.8. The summed E-state index contributed by atoms with van der Waals surface area (Å²) in [5.74, 6) is 0. The number of fused-ring (bicyclic) bond motifs is 7. The molecule has 2 aliphatic rings. The van der Waals surface area contributed by atoms with Gasteiger partial charge in [-0.15, -0.1) is 11.3 Å². The molecule has 1 heterocycles. The number of nitrogens with zero attached hydrogens (tertiary/aromatic N) is 1. The predicted octanol–water partition coefficient (Wildman–Crippen LogP) is 16.6. The number of rotatable bonds is 7. The molecule has 1 nitrogen and oxygen atoms in total. The molecule has 0 saturated carbocycles. The van der Waals surface area contributed by atoms with Crippen LogP contribution >= 0.6 is 11.3 Å². The number of benzene rings is 9. The van der Waals surface area contributed by atoms with Gasteiger partial charge in [0.05, 0.1) is 11.1 Å². The Kier molecular flexibility index (Phi) is 8.47. The molecule has 2 aliphatic carbocycles. The molecule has 0 N–H and O–H groups in total. The molecule has 0 spiro atoms. The van der Waals surface area contributed by atoms with Crippen LogP contribution in [0.4, 0.5) is 17.1 Å². The summed E-state index contributed by atoms with van der Waals surface area (Å²) in [7, 11) is 0. The molecule has 0 amide bonds. The first-order chi connectivity index (χ1) is 30.3. The van der Waals surface area contributed by atoms with Gasteiger partial charge in [0.2, 0.25) is 0 Å². The number of hydrogen-bond donors (Lipinski definition) is 0. The molecule has 1 unspecified atom stereocenters. The van der Waals surface area contributed by atoms with Gasteiger partial charge in [-0.05, 0) is 111 Å². The fraction of sp³-hybridized carbons (Fsp3) is 0.0508. The molecule has 2 heteroatoms. The lowest BCUT2D eigenvalue weighted by Gasteiger charge is -2.37. The molecule has 288 valence electrons. The standard InChI is InChI=1S/C59H41NS/c1-4-17-41(18-5-1)49-34-31-42(48-28-16-20-40-19-10-11-25-47(40)48)37-56(49)60(45-33-36-58-53(38-45)52-27-13-15-30-57(52)61-58)46-32-35-51-50-26-12-14-29-54(50)59(55(51)39-46,43-21-6-2-7-22-43)44-23-8-3-9-24-44/h1-8,10-23,25-39H,9,24H2. The minimum atomic E-state index is -0.444. The summed E-state index contributed by atoms with van der Waals surface area (Å²) < 4.78 is 2.60. The van der Waals surface area contributed by atoms with E-state index in [2.05, 4.69) is 229 Å². The van der Waals surface area contributed by atoms with E-state index in [1.165, 1.54) is 86.6 Å². The third-order valence-electron chi connectivity index (χ3n) is 13.0. The third kappa shape index (κ3) is 5.67. The van der Waals surface area contributed by atoms with Crippen LogP contribution in [0.25, 0.3) is 64.3 Å². The van der Waals surface area contributed by atoms with Gasteiger partial charge in [-0.3, -0.25) is 0 Å². The molecule has 9 aromatic carbocycles. The second-order valence-corrected chi connectivity index (χ2v) is 17.4. The maximum Gasteiger partial charge on any atom is 0.0677 e. The van der Waals surface area contributed by atoms with E-state index < -0.39 is 5.41 Å². The number of thiophene rings is 1. The van der Waals surface area contributed by atoms with Crippen LogP contribution in [0.5, 0.6) is 0 Å². The van der Waals surface area contributed by atoms with Crippen molar-refractivity contribution in [1.29, 1.82) is 0 Å². The van der Waals surface area contributed by atoms with Crippen molar-refractivity contribution in [3.63, 3.8) is 0 Å². The van der Waals surface area contributed by atoms with E-state index in [9.17, 15) is 0 Å². The Morgan fingerprint density at radius 1 is 0.443 bits per heavy atom. The van der Waals surface area contributed by atoms with E-state index >= 15 is 0 Å². The zero-order valence-corrected chi connectivity index (χ0v) is 34.4. The Bertz CT molecular complexity index is 3370. The minimum Gasteiger partial charge on any atom is -0.310 e. The van der Waals surface area contributed by atoms with Gasteiger partial charge in [0.15, 0.2) is 0 Å². The lowest BCUT2D eigenvalue weighted by Crippen LogP contribution is -2.30. The quantitative estimate of drug-likeness (QED) is 0.155. The maximum atomic E-state index is 2.54. The number of hydrogen-bond acceptors (Lipinski definition) is 2. The fourth-order valence-corrected chi connectivity index (χ4v) is 11.4. The highest BCUT2D eigenvalue weighted by Gasteiger charge is 2.47. The Morgan fingerprint density at radius 3 is 1.98 bits per heavy atom. The highest BCUT2D eigenvalue weighted by Crippen LogP contribution is 2.59. The molecular weight excluding hydrogens is 755 g/mol. The molecular formula is C59H41NS. The van der Waals surface area contributed by atoms with Gasteiger partial charge in [-0.25, -0.2) is 0 Å². The van der Waals surface area contributed by atoms with Crippen molar-refractivity contribution in [2.24, 2.45) is 0 Å². The first kappa shape index (κ1) is 35.7. The van der Waals surface area contributed by atoms with Gasteiger partial charge in [0.25, 0.3) is 0 Å². The molecule has 1 atom stereocenters. The SMILES string of the molecule is C1=CCCC(C2(c3ccccc3)c3ccccc3-c3ccc(N(c4ccc5sc6ccccc6c5c4)c4cc(-c5cccc6ccccc56)ccc4-c4ccccc4)cc32)=C1. The van der Waals surface area contributed by atoms with Crippen LogP contribution in [0.15, 0.2) is 230 Å². The van der Waals surface area contributed by atoms with Crippen molar-refractivity contribution in [2.45, 2.75) is 18.3 Å². The van der Waals surface area contributed by atoms with Crippen LogP contribution in [-0.4, -0.2) is 0 Å². The van der Waals surface area contributed by atoms with E-state index in [4.69, 9.17) is 0 Å². The van der Waals surface area contributed by atoms with Gasteiger partial charge in [0, 0.05) is 37.1 Å². The van der Waals surface area contributed by atoms with Crippen molar-refractivity contribution in [2.75, 3.05) is 4.90 Å². The molecule has 0 aliphatic heterocycles. The van der Waals surface area contributed by atoms with Crippen molar-refractivity contribution < 1.29 is 0 Å². The molecule has 1 aromatic heterocycles. The summed E-state index contributed by atoms with van der Waals surface area (Å²) in [6.07, 6.45) is 9.00. The molecule has 10 aromatic rings. The Morgan fingerprint density at radius 2 is 1.11 bits per heavy atom. The summed E-state index contributed by atoms with van der Waals surface area (Å²) in [6, 6.07) is 76.9. The lowest BCUT2D eigenvalue weighted by molar-refractivity contribution is 0.693.